The molecule has 0 aromatic heterocycles. The smallest absolute Gasteiger partial charge is 0.0624 e. The van der Waals surface area contributed by atoms with E-state index in [4.69, 9.17) is 0 Å². The molecule has 0 aromatic rings. The molecule has 0 heterocycles. The summed E-state index contributed by atoms with van der Waals surface area (Å²) in [4.78, 5) is 0. The summed E-state index contributed by atoms with van der Waals surface area (Å²) >= 11 is 0. The second kappa shape index (κ2) is 7.56. The van der Waals surface area contributed by atoms with Gasteiger partial charge in [0, 0.05) is 5.41 Å². The Bertz CT molecular complexity index is 821. The first-order chi connectivity index (χ1) is 15.4. The number of fused-ring (bicyclic) bond motifs is 6. The minimum absolute atomic E-state index is 0.0439. The molecule has 11 atom stereocenters. The van der Waals surface area contributed by atoms with Crippen molar-refractivity contribution in [1.29, 1.82) is 0 Å². The molecule has 4 fully saturated rings. The average molecular weight is 459 g/mol. The van der Waals surface area contributed by atoms with Crippen molar-refractivity contribution in [3.8, 4) is 0 Å². The van der Waals surface area contributed by atoms with Gasteiger partial charge in [-0.3, -0.25) is 0 Å². The van der Waals surface area contributed by atoms with E-state index in [-0.39, 0.29) is 29.0 Å². The zero-order valence-corrected chi connectivity index (χ0v) is 22.2. The molecule has 0 aliphatic heterocycles. The summed E-state index contributed by atoms with van der Waals surface area (Å²) in [6.07, 6.45) is 13.3. The standard InChI is InChI=1S/C30H50O3/c1-7-27(3)23-12-14-26(2)16-19-8-10-22-29(5,17-25(33)30(22,6)18-31)20(19)9-11-21(26)28(23,4)15-13-24(27)32/h8,20-25,31-33H,7,9-18H2,1-6H3. The van der Waals surface area contributed by atoms with Gasteiger partial charge in [0.05, 0.1) is 18.8 Å². The van der Waals surface area contributed by atoms with Crippen molar-refractivity contribution in [2.75, 3.05) is 6.61 Å². The van der Waals surface area contributed by atoms with Crippen LogP contribution in [0.1, 0.15) is 106 Å². The lowest BCUT2D eigenvalue weighted by atomic mass is 9.41. The second-order valence-corrected chi connectivity index (χ2v) is 14.5. The summed E-state index contributed by atoms with van der Waals surface area (Å²) < 4.78 is 0. The van der Waals surface area contributed by atoms with Gasteiger partial charge in [0.25, 0.3) is 0 Å². The highest BCUT2D eigenvalue weighted by molar-refractivity contribution is 5.26. The van der Waals surface area contributed by atoms with Gasteiger partial charge in [-0.1, -0.05) is 53.2 Å². The molecule has 0 spiro atoms. The predicted molar refractivity (Wildman–Crippen MR) is 134 cm³/mol. The Labute approximate surface area is 202 Å². The Hall–Kier alpha value is -0.380. The molecule has 11 unspecified atom stereocenters. The lowest BCUT2D eigenvalue weighted by Crippen LogP contribution is -2.59. The van der Waals surface area contributed by atoms with Crippen molar-refractivity contribution in [2.24, 2.45) is 50.7 Å². The van der Waals surface area contributed by atoms with E-state index in [0.29, 0.717) is 34.5 Å². The van der Waals surface area contributed by atoms with Gasteiger partial charge in [0.15, 0.2) is 0 Å². The molecule has 3 N–H and O–H groups in total. The molecule has 5 rings (SSSR count). The van der Waals surface area contributed by atoms with Crippen molar-refractivity contribution in [3.63, 3.8) is 0 Å². The van der Waals surface area contributed by atoms with Gasteiger partial charge in [0.1, 0.15) is 0 Å². The third-order valence-corrected chi connectivity index (χ3v) is 13.3. The lowest BCUT2D eigenvalue weighted by Gasteiger charge is -2.64. The second-order valence-electron chi connectivity index (χ2n) is 14.5. The molecule has 5 aliphatic rings. The van der Waals surface area contributed by atoms with E-state index in [0.717, 1.165) is 25.7 Å². The van der Waals surface area contributed by atoms with E-state index < -0.39 is 6.10 Å². The zero-order valence-electron chi connectivity index (χ0n) is 22.2. The van der Waals surface area contributed by atoms with Gasteiger partial charge >= 0.3 is 0 Å². The number of hydrogen-bond donors (Lipinski definition) is 3. The predicted octanol–water partition coefficient (Wildman–Crippen LogP) is 6.11. The Balaban J connectivity index is 1.50. The van der Waals surface area contributed by atoms with Crippen LogP contribution in [0.3, 0.4) is 0 Å². The van der Waals surface area contributed by atoms with Crippen LogP contribution in [0.4, 0.5) is 0 Å². The fraction of sp³-hybridized carbons (Fsp3) is 0.933. The molecule has 0 radical (unpaired) electrons. The monoisotopic (exact) mass is 458 g/mol. The van der Waals surface area contributed by atoms with Crippen LogP contribution in [0.25, 0.3) is 0 Å². The topological polar surface area (TPSA) is 60.7 Å². The highest BCUT2D eigenvalue weighted by Gasteiger charge is 2.65. The molecule has 0 amide bonds. The summed E-state index contributed by atoms with van der Waals surface area (Å²) in [6, 6.07) is 0. The summed E-state index contributed by atoms with van der Waals surface area (Å²) in [5.41, 5.74) is 2.07. The van der Waals surface area contributed by atoms with E-state index in [1.165, 1.54) is 38.5 Å². The minimum atomic E-state index is -0.404. The van der Waals surface area contributed by atoms with E-state index in [1.54, 1.807) is 5.57 Å². The zero-order chi connectivity index (χ0) is 24.0. The van der Waals surface area contributed by atoms with Gasteiger partial charge in [-0.05, 0) is 110 Å². The van der Waals surface area contributed by atoms with Crippen molar-refractivity contribution in [2.45, 2.75) is 118 Å². The molecule has 5 aliphatic carbocycles. The Kier molecular flexibility index (Phi) is 5.57. The average Bonchev–Trinajstić information content (AvgIpc) is 2.87. The fourth-order valence-corrected chi connectivity index (χ4v) is 11.1. The Morgan fingerprint density at radius 3 is 2.21 bits per heavy atom. The van der Waals surface area contributed by atoms with Crippen LogP contribution in [0.2, 0.25) is 0 Å². The van der Waals surface area contributed by atoms with Crippen LogP contribution in [-0.4, -0.2) is 34.1 Å². The van der Waals surface area contributed by atoms with Crippen molar-refractivity contribution >= 4 is 0 Å². The van der Waals surface area contributed by atoms with Crippen LogP contribution in [0, 0.1) is 50.7 Å². The number of aliphatic hydroxyl groups excluding tert-OH is 3. The fourth-order valence-electron chi connectivity index (χ4n) is 11.1. The summed E-state index contributed by atoms with van der Waals surface area (Å²) in [5, 5.41) is 32.4. The molecule has 188 valence electrons. The van der Waals surface area contributed by atoms with Crippen molar-refractivity contribution < 1.29 is 15.3 Å². The van der Waals surface area contributed by atoms with Crippen LogP contribution in [0.15, 0.2) is 11.6 Å². The van der Waals surface area contributed by atoms with E-state index in [2.05, 4.69) is 47.6 Å². The SMILES string of the molecule is CCC1(C)C(O)CCC2(C)C3CCC4C(=CCC5C(C)(CO)C(O)CC45C)CC3(C)CCC12. The molecule has 0 aromatic carbocycles. The maximum Gasteiger partial charge on any atom is 0.0624 e. The van der Waals surface area contributed by atoms with E-state index in [9.17, 15) is 15.3 Å². The Morgan fingerprint density at radius 1 is 0.818 bits per heavy atom. The van der Waals surface area contributed by atoms with Gasteiger partial charge in [-0.2, -0.15) is 0 Å². The third kappa shape index (κ3) is 3.03. The van der Waals surface area contributed by atoms with Gasteiger partial charge in [-0.15, -0.1) is 0 Å². The van der Waals surface area contributed by atoms with Crippen LogP contribution in [0.5, 0.6) is 0 Å². The molecule has 3 heteroatoms. The molecule has 3 nitrogen and oxygen atoms in total. The molecule has 4 saturated carbocycles. The highest BCUT2D eigenvalue weighted by atomic mass is 16.3. The van der Waals surface area contributed by atoms with Crippen molar-refractivity contribution in [3.05, 3.63) is 11.6 Å². The Morgan fingerprint density at radius 2 is 1.55 bits per heavy atom. The van der Waals surface area contributed by atoms with Crippen LogP contribution < -0.4 is 0 Å². The van der Waals surface area contributed by atoms with Crippen molar-refractivity contribution in [1.82, 2.24) is 0 Å². The molecular weight excluding hydrogens is 408 g/mol. The maximum absolute atomic E-state index is 11.1. The lowest BCUT2D eigenvalue weighted by molar-refractivity contribution is -0.178. The van der Waals surface area contributed by atoms with Gasteiger partial charge in [0.2, 0.25) is 0 Å². The normalized spacial score (nSPS) is 58.4. The summed E-state index contributed by atoms with van der Waals surface area (Å²) in [7, 11) is 0. The number of hydrogen-bond acceptors (Lipinski definition) is 3. The van der Waals surface area contributed by atoms with Crippen LogP contribution >= 0.6 is 0 Å². The number of aliphatic hydroxyl groups is 3. The quantitative estimate of drug-likeness (QED) is 0.437. The first-order valence-corrected chi connectivity index (χ1v) is 14.0. The first kappa shape index (κ1) is 24.3. The summed E-state index contributed by atoms with van der Waals surface area (Å²) in [5.74, 6) is 2.21. The molecule has 0 saturated heterocycles. The number of rotatable bonds is 2. The minimum Gasteiger partial charge on any atom is -0.396 e. The molecular formula is C30H50O3. The number of allylic oxidation sites excluding steroid dienone is 2. The van der Waals surface area contributed by atoms with E-state index in [1.807, 2.05) is 0 Å². The highest BCUT2D eigenvalue weighted by Crippen LogP contribution is 2.71. The maximum atomic E-state index is 11.1. The van der Waals surface area contributed by atoms with Gasteiger partial charge in [-0.25, -0.2) is 0 Å². The summed E-state index contributed by atoms with van der Waals surface area (Å²) in [6.45, 7) is 14.5. The largest absolute Gasteiger partial charge is 0.396 e. The molecule has 33 heavy (non-hydrogen) atoms. The third-order valence-electron chi connectivity index (χ3n) is 13.3. The van der Waals surface area contributed by atoms with Gasteiger partial charge < -0.3 is 15.3 Å². The first-order valence-electron chi connectivity index (χ1n) is 14.0. The van der Waals surface area contributed by atoms with Crippen LogP contribution in [-0.2, 0) is 0 Å². The van der Waals surface area contributed by atoms with E-state index >= 15 is 0 Å². The molecule has 0 bridgehead atoms.